The van der Waals surface area contributed by atoms with E-state index in [1.54, 1.807) is 25.3 Å². The number of methoxy groups -OCH3 is 1. The van der Waals surface area contributed by atoms with E-state index in [9.17, 15) is 4.79 Å². The summed E-state index contributed by atoms with van der Waals surface area (Å²) in [7, 11) is 1.54. The predicted octanol–water partition coefficient (Wildman–Crippen LogP) is 2.39. The van der Waals surface area contributed by atoms with E-state index >= 15 is 0 Å². The van der Waals surface area contributed by atoms with E-state index in [4.69, 9.17) is 10.3 Å². The van der Waals surface area contributed by atoms with Gasteiger partial charge in [0.1, 0.15) is 5.75 Å². The summed E-state index contributed by atoms with van der Waals surface area (Å²) in [4.78, 5) is 17.0. The van der Waals surface area contributed by atoms with E-state index in [0.29, 0.717) is 17.0 Å². The molecule has 5 heteroatoms. The molecule has 0 unspecified atom stereocenters. The molecule has 0 saturated carbocycles. The fourth-order valence-corrected chi connectivity index (χ4v) is 2.29. The van der Waals surface area contributed by atoms with Crippen LogP contribution in [0.4, 0.5) is 11.4 Å². The van der Waals surface area contributed by atoms with Crippen LogP contribution < -0.4 is 9.64 Å². The normalized spacial score (nSPS) is 13.2. The molecule has 0 aromatic heterocycles. The van der Waals surface area contributed by atoms with Crippen molar-refractivity contribution in [2.45, 2.75) is 0 Å². The monoisotopic (exact) mass is 265 g/mol. The molecule has 1 heterocycles. The number of anilines is 2. The lowest BCUT2D eigenvalue weighted by Gasteiger charge is -2.15. The zero-order valence-electron chi connectivity index (χ0n) is 10.8. The second-order valence-electron chi connectivity index (χ2n) is 4.31. The van der Waals surface area contributed by atoms with Gasteiger partial charge in [0, 0.05) is 5.69 Å². The van der Waals surface area contributed by atoms with Crippen LogP contribution in [0, 0.1) is 0 Å². The molecule has 3 rings (SSSR count). The Morgan fingerprint density at radius 1 is 1.15 bits per heavy atom. The first kappa shape index (κ1) is 12.1. The molecule has 0 spiro atoms. The van der Waals surface area contributed by atoms with Gasteiger partial charge in [0.25, 0.3) is 0 Å². The maximum atomic E-state index is 12.4. The van der Waals surface area contributed by atoms with Crippen molar-refractivity contribution in [1.82, 2.24) is 0 Å². The minimum absolute atomic E-state index is 0.0164. The molecule has 1 amide bonds. The third-order valence-electron chi connectivity index (χ3n) is 3.22. The third kappa shape index (κ3) is 1.69. The summed E-state index contributed by atoms with van der Waals surface area (Å²) in [6.45, 7) is 0. The Hall–Kier alpha value is -2.91. The Bertz CT molecular complexity index is 734. The predicted molar refractivity (Wildman–Crippen MR) is 74.3 cm³/mol. The Morgan fingerprint density at radius 3 is 2.55 bits per heavy atom. The van der Waals surface area contributed by atoms with E-state index in [-0.39, 0.29) is 11.6 Å². The van der Waals surface area contributed by atoms with Gasteiger partial charge in [0.05, 0.1) is 18.4 Å². The van der Waals surface area contributed by atoms with Crippen molar-refractivity contribution in [1.29, 1.82) is 0 Å². The highest BCUT2D eigenvalue weighted by Gasteiger charge is 2.41. The van der Waals surface area contributed by atoms with Gasteiger partial charge in [0.15, 0.2) is 0 Å². The first-order chi connectivity index (χ1) is 9.76. The molecule has 0 atom stereocenters. The van der Waals surface area contributed by atoms with Gasteiger partial charge >= 0.3 is 11.6 Å². The number of ether oxygens (including phenoxy) is 1. The first-order valence-corrected chi connectivity index (χ1v) is 6.06. The minimum Gasteiger partial charge on any atom is -0.497 e. The van der Waals surface area contributed by atoms with Gasteiger partial charge in [-0.15, -0.1) is 0 Å². The van der Waals surface area contributed by atoms with Gasteiger partial charge in [-0.3, -0.25) is 9.69 Å². The highest BCUT2D eigenvalue weighted by atomic mass is 16.5. The number of fused-ring (bicyclic) bond motifs is 1. The van der Waals surface area contributed by atoms with Crippen LogP contribution in [0.15, 0.2) is 48.5 Å². The summed E-state index contributed by atoms with van der Waals surface area (Å²) in [5, 5.41) is 0. The van der Waals surface area contributed by atoms with E-state index in [1.807, 2.05) is 30.3 Å². The van der Waals surface area contributed by atoms with Crippen molar-refractivity contribution in [3.63, 3.8) is 0 Å². The van der Waals surface area contributed by atoms with Crippen molar-refractivity contribution in [2.24, 2.45) is 0 Å². The molecule has 98 valence electrons. The lowest BCUT2D eigenvalue weighted by atomic mass is 10.1. The number of rotatable bonds is 2. The van der Waals surface area contributed by atoms with Gasteiger partial charge in [-0.2, -0.15) is 4.79 Å². The molecule has 0 bridgehead atoms. The molecular formula is C15H11N3O2. The van der Waals surface area contributed by atoms with Gasteiger partial charge < -0.3 is 10.3 Å². The second kappa shape index (κ2) is 4.64. The van der Waals surface area contributed by atoms with Gasteiger partial charge in [-0.25, -0.2) is 0 Å². The van der Waals surface area contributed by atoms with Crippen LogP contribution >= 0.6 is 0 Å². The number of carbonyl (C=O) groups is 1. The zero-order chi connectivity index (χ0) is 14.1. The van der Waals surface area contributed by atoms with Crippen molar-refractivity contribution >= 4 is 23.0 Å². The third-order valence-corrected chi connectivity index (χ3v) is 3.22. The van der Waals surface area contributed by atoms with Gasteiger partial charge in [0.2, 0.25) is 0 Å². The number of benzene rings is 2. The molecule has 20 heavy (non-hydrogen) atoms. The summed E-state index contributed by atoms with van der Waals surface area (Å²) in [5.74, 6) is 0.245. The summed E-state index contributed by atoms with van der Waals surface area (Å²) < 4.78 is 5.14. The molecule has 2 aromatic rings. The van der Waals surface area contributed by atoms with Crippen LogP contribution in [0.25, 0.3) is 5.53 Å². The molecule has 0 radical (unpaired) electrons. The molecular weight excluding hydrogens is 254 g/mol. The number of hydrogen-bond donors (Lipinski definition) is 0. The van der Waals surface area contributed by atoms with Crippen LogP contribution in [0.3, 0.4) is 0 Å². The van der Waals surface area contributed by atoms with Crippen LogP contribution in [0.2, 0.25) is 0 Å². The SMILES string of the molecule is COc1ccc2c(c1)C(=[N+]=[N-])C(=O)N2c1ccccc1. The smallest absolute Gasteiger partial charge is 0.389 e. The lowest BCUT2D eigenvalue weighted by Crippen LogP contribution is -2.25. The molecule has 0 N–H and O–H groups in total. The standard InChI is InChI=1S/C15H11N3O2/c1-20-11-7-8-13-12(9-11)14(17-16)15(19)18(13)10-5-3-2-4-6-10/h2-9H,1H3. The Kier molecular flexibility index (Phi) is 2.82. The highest BCUT2D eigenvalue weighted by molar-refractivity contribution is 6.53. The molecule has 0 saturated heterocycles. The minimum atomic E-state index is -0.359. The van der Waals surface area contributed by atoms with Crippen LogP contribution in [-0.2, 0) is 4.79 Å². The summed E-state index contributed by atoms with van der Waals surface area (Å²) >= 11 is 0. The average molecular weight is 265 g/mol. The van der Waals surface area contributed by atoms with Crippen molar-refractivity contribution in [3.05, 3.63) is 59.6 Å². The van der Waals surface area contributed by atoms with E-state index in [1.165, 1.54) is 4.90 Å². The molecule has 1 aliphatic rings. The Labute approximate surface area is 115 Å². The quantitative estimate of drug-likeness (QED) is 0.618. The topological polar surface area (TPSA) is 65.9 Å². The molecule has 2 aromatic carbocycles. The van der Waals surface area contributed by atoms with E-state index in [2.05, 4.69) is 4.79 Å². The molecule has 0 fully saturated rings. The summed E-state index contributed by atoms with van der Waals surface area (Å²) in [6.07, 6.45) is 0. The van der Waals surface area contributed by atoms with Gasteiger partial charge in [-0.05, 0) is 30.3 Å². The number of carbonyl (C=O) groups excluding carboxylic acids is 1. The number of amides is 1. The number of hydrogen-bond acceptors (Lipinski definition) is 2. The van der Waals surface area contributed by atoms with Crippen molar-refractivity contribution in [2.75, 3.05) is 12.0 Å². The number of para-hydroxylation sites is 1. The van der Waals surface area contributed by atoms with Crippen LogP contribution in [0.5, 0.6) is 5.75 Å². The van der Waals surface area contributed by atoms with Crippen molar-refractivity contribution in [3.8, 4) is 5.75 Å². The molecule has 5 nitrogen and oxygen atoms in total. The van der Waals surface area contributed by atoms with Crippen LogP contribution in [0.1, 0.15) is 5.56 Å². The Balaban J connectivity index is 2.22. The largest absolute Gasteiger partial charge is 0.497 e. The molecule has 1 aliphatic heterocycles. The second-order valence-corrected chi connectivity index (χ2v) is 4.31. The van der Waals surface area contributed by atoms with Crippen LogP contribution in [-0.4, -0.2) is 23.5 Å². The highest BCUT2D eigenvalue weighted by Crippen LogP contribution is 2.36. The zero-order valence-corrected chi connectivity index (χ0v) is 10.8. The summed E-state index contributed by atoms with van der Waals surface area (Å²) in [6, 6.07) is 14.4. The Morgan fingerprint density at radius 2 is 1.90 bits per heavy atom. The maximum Gasteiger partial charge on any atom is 0.389 e. The first-order valence-electron chi connectivity index (χ1n) is 6.06. The lowest BCUT2D eigenvalue weighted by molar-refractivity contribution is -0.115. The van der Waals surface area contributed by atoms with E-state index in [0.717, 1.165) is 5.69 Å². The number of nitrogens with zero attached hydrogens (tertiary/aromatic N) is 3. The van der Waals surface area contributed by atoms with E-state index < -0.39 is 0 Å². The van der Waals surface area contributed by atoms with Crippen molar-refractivity contribution < 1.29 is 14.3 Å². The van der Waals surface area contributed by atoms with Gasteiger partial charge in [-0.1, -0.05) is 18.2 Å². The average Bonchev–Trinajstić information content (AvgIpc) is 2.78. The maximum absolute atomic E-state index is 12.4. The molecule has 0 aliphatic carbocycles. The fourth-order valence-electron chi connectivity index (χ4n) is 2.29. The fraction of sp³-hybridized carbons (Fsp3) is 0.0667. The summed E-state index contributed by atoms with van der Waals surface area (Å²) in [5.41, 5.74) is 11.1.